The number of nitrogens with one attached hydrogen (secondary N) is 1. The summed E-state index contributed by atoms with van der Waals surface area (Å²) in [5, 5.41) is 7.16. The van der Waals surface area contributed by atoms with Gasteiger partial charge in [-0.05, 0) is 43.0 Å². The predicted octanol–water partition coefficient (Wildman–Crippen LogP) is 1.32. The number of carbonyl (C=O) groups is 2. The summed E-state index contributed by atoms with van der Waals surface area (Å²) in [6.45, 7) is 1.63. The second kappa shape index (κ2) is 7.83. The Kier molecular flexibility index (Phi) is 5.33. The Morgan fingerprint density at radius 2 is 2.08 bits per heavy atom. The van der Waals surface area contributed by atoms with Crippen molar-refractivity contribution in [1.29, 1.82) is 0 Å². The molecule has 0 radical (unpaired) electrons. The molecule has 1 saturated heterocycles. The molecule has 3 N–H and O–H groups in total. The van der Waals surface area contributed by atoms with Crippen molar-refractivity contribution < 1.29 is 9.59 Å². The number of primary amides is 1. The van der Waals surface area contributed by atoms with E-state index in [0.29, 0.717) is 19.6 Å². The molecule has 0 bridgehead atoms. The van der Waals surface area contributed by atoms with E-state index in [2.05, 4.69) is 10.4 Å². The Bertz CT molecular complexity index is 712. The highest BCUT2D eigenvalue weighted by Crippen LogP contribution is 2.16. The van der Waals surface area contributed by atoms with Crippen molar-refractivity contribution in [2.75, 3.05) is 19.6 Å². The molecule has 0 unspecified atom stereocenters. The maximum Gasteiger partial charge on any atom is 0.314 e. The van der Waals surface area contributed by atoms with Gasteiger partial charge >= 0.3 is 6.03 Å². The van der Waals surface area contributed by atoms with Crippen LogP contribution in [-0.2, 0) is 11.2 Å². The summed E-state index contributed by atoms with van der Waals surface area (Å²) in [6.07, 6.45) is 6.02. The number of nitrogens with two attached hydrogens (primary N) is 1. The molecule has 25 heavy (non-hydrogen) atoms. The number of likely N-dealkylation sites (tertiary alicyclic amines) is 1. The molecular weight excluding hydrogens is 318 g/mol. The third kappa shape index (κ3) is 4.37. The number of hydrogen-bond donors (Lipinski definition) is 2. The zero-order chi connectivity index (χ0) is 17.6. The maximum atomic E-state index is 12.3. The SMILES string of the molecule is NC(=O)N1CCC[C@@H](C(=O)NCCc2ccc(-n3cccn3)cc2)C1. The predicted molar refractivity (Wildman–Crippen MR) is 94.2 cm³/mol. The highest BCUT2D eigenvalue weighted by Gasteiger charge is 2.27. The van der Waals surface area contributed by atoms with Crippen molar-refractivity contribution in [3.63, 3.8) is 0 Å². The van der Waals surface area contributed by atoms with Crippen LogP contribution >= 0.6 is 0 Å². The van der Waals surface area contributed by atoms with Crippen molar-refractivity contribution in [3.05, 3.63) is 48.3 Å². The topological polar surface area (TPSA) is 93.3 Å². The molecule has 1 aromatic heterocycles. The van der Waals surface area contributed by atoms with E-state index in [1.807, 2.05) is 36.5 Å². The standard InChI is InChI=1S/C18H23N5O2/c19-18(25)22-11-1-3-15(13-22)17(24)20-10-8-14-4-6-16(7-5-14)23-12-2-9-21-23/h2,4-7,9,12,15H,1,3,8,10-11,13H2,(H2,19,25)(H,20,24)/t15-/m1/s1. The van der Waals surface area contributed by atoms with E-state index in [-0.39, 0.29) is 11.8 Å². The molecule has 1 atom stereocenters. The highest BCUT2D eigenvalue weighted by molar-refractivity contribution is 5.80. The lowest BCUT2D eigenvalue weighted by Crippen LogP contribution is -2.47. The number of hydrogen-bond acceptors (Lipinski definition) is 3. The third-order valence-electron chi connectivity index (χ3n) is 4.52. The summed E-state index contributed by atoms with van der Waals surface area (Å²) < 4.78 is 1.80. The summed E-state index contributed by atoms with van der Waals surface area (Å²) in [7, 11) is 0. The summed E-state index contributed by atoms with van der Waals surface area (Å²) in [5.41, 5.74) is 7.46. The number of carbonyl (C=O) groups excluding carboxylic acids is 2. The van der Waals surface area contributed by atoms with Gasteiger partial charge in [0.2, 0.25) is 5.91 Å². The number of rotatable bonds is 5. The zero-order valence-electron chi connectivity index (χ0n) is 14.1. The van der Waals surface area contributed by atoms with Gasteiger partial charge in [0.1, 0.15) is 0 Å². The summed E-state index contributed by atoms with van der Waals surface area (Å²) in [4.78, 5) is 25.1. The minimum absolute atomic E-state index is 0.000823. The lowest BCUT2D eigenvalue weighted by molar-refractivity contribution is -0.126. The Morgan fingerprint density at radius 1 is 1.28 bits per heavy atom. The van der Waals surface area contributed by atoms with Gasteiger partial charge in [-0.2, -0.15) is 5.10 Å². The van der Waals surface area contributed by atoms with Crippen LogP contribution in [0.5, 0.6) is 0 Å². The van der Waals surface area contributed by atoms with E-state index in [0.717, 1.165) is 30.5 Å². The Labute approximate surface area is 146 Å². The van der Waals surface area contributed by atoms with Crippen LogP contribution in [0.2, 0.25) is 0 Å². The molecule has 3 rings (SSSR count). The van der Waals surface area contributed by atoms with E-state index in [4.69, 9.17) is 5.73 Å². The zero-order valence-corrected chi connectivity index (χ0v) is 14.1. The van der Waals surface area contributed by atoms with Gasteiger partial charge in [-0.25, -0.2) is 9.48 Å². The summed E-state index contributed by atoms with van der Waals surface area (Å²) in [5.74, 6) is -0.164. The minimum atomic E-state index is -0.449. The molecule has 132 valence electrons. The van der Waals surface area contributed by atoms with E-state index in [9.17, 15) is 9.59 Å². The monoisotopic (exact) mass is 341 g/mol. The van der Waals surface area contributed by atoms with E-state index < -0.39 is 6.03 Å². The first kappa shape index (κ1) is 17.0. The van der Waals surface area contributed by atoms with Gasteiger partial charge in [0.05, 0.1) is 11.6 Å². The lowest BCUT2D eigenvalue weighted by atomic mass is 9.97. The fourth-order valence-electron chi connectivity index (χ4n) is 3.10. The quantitative estimate of drug-likeness (QED) is 0.859. The number of aromatic nitrogens is 2. The number of urea groups is 1. The first-order valence-electron chi connectivity index (χ1n) is 8.54. The second-order valence-electron chi connectivity index (χ2n) is 6.28. The molecule has 1 aromatic carbocycles. The molecule has 0 aliphatic carbocycles. The van der Waals surface area contributed by atoms with Gasteiger partial charge in [-0.1, -0.05) is 12.1 Å². The fraction of sp³-hybridized carbons (Fsp3) is 0.389. The van der Waals surface area contributed by atoms with Crippen LogP contribution in [0.15, 0.2) is 42.7 Å². The normalized spacial score (nSPS) is 17.3. The van der Waals surface area contributed by atoms with E-state index in [1.165, 1.54) is 0 Å². The number of benzene rings is 1. The Morgan fingerprint density at radius 3 is 2.76 bits per heavy atom. The molecule has 1 aliphatic rings. The van der Waals surface area contributed by atoms with Gasteiger partial charge in [-0.15, -0.1) is 0 Å². The van der Waals surface area contributed by atoms with Crippen LogP contribution in [-0.4, -0.2) is 46.3 Å². The number of nitrogens with zero attached hydrogens (tertiary/aromatic N) is 3. The van der Waals surface area contributed by atoms with Gasteiger partial charge < -0.3 is 16.0 Å². The van der Waals surface area contributed by atoms with Gasteiger partial charge in [0.25, 0.3) is 0 Å². The molecule has 0 spiro atoms. The summed E-state index contributed by atoms with van der Waals surface area (Å²) >= 11 is 0. The van der Waals surface area contributed by atoms with Crippen molar-refractivity contribution in [1.82, 2.24) is 20.0 Å². The van der Waals surface area contributed by atoms with Crippen molar-refractivity contribution in [3.8, 4) is 5.69 Å². The fourth-order valence-corrected chi connectivity index (χ4v) is 3.10. The molecule has 7 nitrogen and oxygen atoms in total. The van der Waals surface area contributed by atoms with Crippen molar-refractivity contribution in [2.24, 2.45) is 11.7 Å². The van der Waals surface area contributed by atoms with E-state index >= 15 is 0 Å². The average Bonchev–Trinajstić information content (AvgIpc) is 3.17. The molecule has 1 aliphatic heterocycles. The first-order valence-corrected chi connectivity index (χ1v) is 8.54. The average molecular weight is 341 g/mol. The minimum Gasteiger partial charge on any atom is -0.355 e. The van der Waals surface area contributed by atoms with Crippen LogP contribution in [0.25, 0.3) is 5.69 Å². The molecule has 2 heterocycles. The van der Waals surface area contributed by atoms with Crippen LogP contribution in [0.1, 0.15) is 18.4 Å². The Hall–Kier alpha value is -2.83. The molecule has 3 amide bonds. The lowest BCUT2D eigenvalue weighted by Gasteiger charge is -2.30. The number of piperidine rings is 1. The summed E-state index contributed by atoms with van der Waals surface area (Å²) in [6, 6.07) is 9.53. The Balaban J connectivity index is 1.46. The van der Waals surface area contributed by atoms with Crippen LogP contribution in [0.4, 0.5) is 4.79 Å². The van der Waals surface area contributed by atoms with Gasteiger partial charge in [0, 0.05) is 32.0 Å². The van der Waals surface area contributed by atoms with Crippen LogP contribution in [0.3, 0.4) is 0 Å². The molecular formula is C18H23N5O2. The van der Waals surface area contributed by atoms with Crippen LogP contribution in [0, 0.1) is 5.92 Å². The third-order valence-corrected chi connectivity index (χ3v) is 4.52. The first-order chi connectivity index (χ1) is 12.1. The van der Waals surface area contributed by atoms with E-state index in [1.54, 1.807) is 15.8 Å². The van der Waals surface area contributed by atoms with Gasteiger partial charge in [-0.3, -0.25) is 4.79 Å². The van der Waals surface area contributed by atoms with Crippen molar-refractivity contribution in [2.45, 2.75) is 19.3 Å². The largest absolute Gasteiger partial charge is 0.355 e. The second-order valence-corrected chi connectivity index (χ2v) is 6.28. The van der Waals surface area contributed by atoms with Gasteiger partial charge in [0.15, 0.2) is 0 Å². The smallest absolute Gasteiger partial charge is 0.314 e. The molecule has 0 saturated carbocycles. The molecule has 7 heteroatoms. The number of amides is 3. The molecule has 1 fully saturated rings. The van der Waals surface area contributed by atoms with Crippen LogP contribution < -0.4 is 11.1 Å². The molecule has 2 aromatic rings. The maximum absolute atomic E-state index is 12.3. The van der Waals surface area contributed by atoms with Crippen molar-refractivity contribution >= 4 is 11.9 Å². The highest BCUT2D eigenvalue weighted by atomic mass is 16.2.